The van der Waals surface area contributed by atoms with Crippen LogP contribution in [0, 0.1) is 11.9 Å². The van der Waals surface area contributed by atoms with Crippen molar-refractivity contribution < 1.29 is 4.39 Å². The van der Waals surface area contributed by atoms with Gasteiger partial charge in [-0.3, -0.25) is 4.98 Å². The molecule has 69 valence electrons. The molecule has 0 bridgehead atoms. The van der Waals surface area contributed by atoms with E-state index in [9.17, 15) is 4.39 Å². The summed E-state index contributed by atoms with van der Waals surface area (Å²) in [7, 11) is 0. The Morgan fingerprint density at radius 2 is 2.14 bits per heavy atom. The zero-order chi connectivity index (χ0) is 9.97. The molecule has 0 amide bonds. The Balaban J connectivity index is 2.48. The van der Waals surface area contributed by atoms with Crippen molar-refractivity contribution in [3.05, 3.63) is 53.4 Å². The Kier molecular flexibility index (Phi) is 2.46. The van der Waals surface area contributed by atoms with Crippen LogP contribution in [0.25, 0.3) is 11.3 Å². The maximum absolute atomic E-state index is 12.9. The molecule has 0 fully saturated rings. The second-order valence-electron chi connectivity index (χ2n) is 2.77. The Morgan fingerprint density at radius 1 is 1.29 bits per heavy atom. The summed E-state index contributed by atoms with van der Waals surface area (Å²) in [6, 6.07) is 10.9. The molecule has 14 heavy (non-hydrogen) atoms. The average molecular weight is 207 g/mol. The van der Waals surface area contributed by atoms with Gasteiger partial charge in [-0.2, -0.15) is 0 Å². The smallest absolute Gasteiger partial charge is 0.141 e. The van der Waals surface area contributed by atoms with Gasteiger partial charge < -0.3 is 0 Å². The fraction of sp³-hybridized carbons (Fsp3) is 0. The summed E-state index contributed by atoms with van der Waals surface area (Å²) in [6.45, 7) is 0. The summed E-state index contributed by atoms with van der Waals surface area (Å²) < 4.78 is 12.9. The highest BCUT2D eigenvalue weighted by molar-refractivity contribution is 6.31. The highest BCUT2D eigenvalue weighted by Crippen LogP contribution is 2.22. The first-order valence-corrected chi connectivity index (χ1v) is 4.43. The molecule has 0 aliphatic heterocycles. The normalized spacial score (nSPS) is 10.1. The first-order chi connectivity index (χ1) is 6.77. The molecule has 3 heteroatoms. The second-order valence-corrected chi connectivity index (χ2v) is 3.18. The van der Waals surface area contributed by atoms with Crippen molar-refractivity contribution in [2.45, 2.75) is 0 Å². The molecule has 1 aromatic heterocycles. The molecule has 2 rings (SSSR count). The van der Waals surface area contributed by atoms with Crippen molar-refractivity contribution in [2.75, 3.05) is 0 Å². The minimum atomic E-state index is -0.419. The molecular weight excluding hydrogens is 201 g/mol. The molecule has 1 aromatic carbocycles. The van der Waals surface area contributed by atoms with Crippen LogP contribution in [0.2, 0.25) is 5.02 Å². The highest BCUT2D eigenvalue weighted by Gasteiger charge is 2.02. The molecule has 1 heterocycles. The van der Waals surface area contributed by atoms with Crippen LogP contribution in [0.4, 0.5) is 4.39 Å². The molecule has 0 spiro atoms. The summed E-state index contributed by atoms with van der Waals surface area (Å²) in [5.41, 5.74) is 1.55. The summed E-state index contributed by atoms with van der Waals surface area (Å²) in [5.74, 6) is -0.419. The molecule has 0 saturated heterocycles. The molecule has 0 aliphatic rings. The van der Waals surface area contributed by atoms with E-state index in [2.05, 4.69) is 11.1 Å². The molecule has 0 N–H and O–H groups in total. The minimum Gasteiger partial charge on any atom is -0.256 e. The van der Waals surface area contributed by atoms with E-state index in [-0.39, 0.29) is 5.02 Å². The van der Waals surface area contributed by atoms with E-state index >= 15 is 0 Å². The predicted molar refractivity (Wildman–Crippen MR) is 53.5 cm³/mol. The van der Waals surface area contributed by atoms with Gasteiger partial charge in [-0.1, -0.05) is 17.7 Å². The van der Waals surface area contributed by atoms with Crippen molar-refractivity contribution in [1.82, 2.24) is 4.98 Å². The highest BCUT2D eigenvalue weighted by atomic mass is 35.5. The number of nitrogens with zero attached hydrogens (tertiary/aromatic N) is 1. The summed E-state index contributed by atoms with van der Waals surface area (Å²) in [5, 5.41) is 0.108. The first-order valence-electron chi connectivity index (χ1n) is 4.05. The van der Waals surface area contributed by atoms with Crippen LogP contribution in [-0.4, -0.2) is 4.98 Å². The van der Waals surface area contributed by atoms with Crippen LogP contribution in [0.5, 0.6) is 0 Å². The van der Waals surface area contributed by atoms with Crippen molar-refractivity contribution in [2.24, 2.45) is 0 Å². The Labute approximate surface area is 86.2 Å². The van der Waals surface area contributed by atoms with E-state index in [1.54, 1.807) is 30.5 Å². The Hall–Kier alpha value is -1.41. The van der Waals surface area contributed by atoms with Gasteiger partial charge in [0.25, 0.3) is 0 Å². The van der Waals surface area contributed by atoms with E-state index in [4.69, 9.17) is 11.6 Å². The lowest BCUT2D eigenvalue weighted by molar-refractivity contribution is 0.628. The van der Waals surface area contributed by atoms with Gasteiger partial charge >= 0.3 is 0 Å². The third kappa shape index (κ3) is 1.75. The maximum atomic E-state index is 12.9. The largest absolute Gasteiger partial charge is 0.256 e. The van der Waals surface area contributed by atoms with Gasteiger partial charge in [0.15, 0.2) is 0 Å². The molecular formula is C11H6ClFN. The lowest BCUT2D eigenvalue weighted by atomic mass is 10.1. The second kappa shape index (κ2) is 3.76. The fourth-order valence-electron chi connectivity index (χ4n) is 1.15. The summed E-state index contributed by atoms with van der Waals surface area (Å²) >= 11 is 5.65. The molecule has 1 nitrogen and oxygen atoms in total. The minimum absolute atomic E-state index is 0.108. The van der Waals surface area contributed by atoms with Gasteiger partial charge in [0.2, 0.25) is 0 Å². The Morgan fingerprint density at radius 3 is 2.79 bits per heavy atom. The molecule has 0 aliphatic carbocycles. The number of pyridine rings is 1. The molecule has 0 unspecified atom stereocenters. The van der Waals surface area contributed by atoms with E-state index < -0.39 is 5.82 Å². The van der Waals surface area contributed by atoms with Gasteiger partial charge in [0.05, 0.1) is 10.7 Å². The number of rotatable bonds is 1. The number of aromatic nitrogens is 1. The number of hydrogen-bond donors (Lipinski definition) is 0. The van der Waals surface area contributed by atoms with Gasteiger partial charge in [0.1, 0.15) is 5.82 Å². The van der Waals surface area contributed by atoms with Gasteiger partial charge in [-0.25, -0.2) is 4.39 Å². The van der Waals surface area contributed by atoms with Crippen molar-refractivity contribution in [3.8, 4) is 11.3 Å². The van der Waals surface area contributed by atoms with E-state index in [0.29, 0.717) is 0 Å². The first kappa shape index (κ1) is 9.16. The van der Waals surface area contributed by atoms with Gasteiger partial charge in [0, 0.05) is 17.8 Å². The monoisotopic (exact) mass is 206 g/mol. The van der Waals surface area contributed by atoms with Crippen LogP contribution in [0.3, 0.4) is 0 Å². The standard InChI is InChI=1S/C11H6ClFN/c12-9-7-8(4-5-10(9)13)11-3-1-2-6-14-11/h1,3-7H. The zero-order valence-corrected chi connectivity index (χ0v) is 7.92. The van der Waals surface area contributed by atoms with Crippen LogP contribution in [0.15, 0.2) is 36.5 Å². The van der Waals surface area contributed by atoms with Crippen molar-refractivity contribution >= 4 is 11.6 Å². The quantitative estimate of drug-likeness (QED) is 0.698. The van der Waals surface area contributed by atoms with Crippen molar-refractivity contribution in [3.63, 3.8) is 0 Å². The van der Waals surface area contributed by atoms with Crippen molar-refractivity contribution in [1.29, 1.82) is 0 Å². The molecule has 1 radical (unpaired) electrons. The number of hydrogen-bond acceptors (Lipinski definition) is 1. The van der Waals surface area contributed by atoms with Gasteiger partial charge in [-0.05, 0) is 24.3 Å². The average Bonchev–Trinajstić information content (AvgIpc) is 2.23. The fourth-order valence-corrected chi connectivity index (χ4v) is 1.33. The zero-order valence-electron chi connectivity index (χ0n) is 7.17. The number of benzene rings is 1. The maximum Gasteiger partial charge on any atom is 0.141 e. The summed E-state index contributed by atoms with van der Waals surface area (Å²) in [4.78, 5) is 4.08. The van der Waals surface area contributed by atoms with E-state index in [1.165, 1.54) is 6.07 Å². The third-order valence-corrected chi connectivity index (χ3v) is 2.12. The lowest BCUT2D eigenvalue weighted by Crippen LogP contribution is -1.83. The molecule has 0 atom stereocenters. The molecule has 2 aromatic rings. The lowest BCUT2D eigenvalue weighted by Gasteiger charge is -2.00. The predicted octanol–water partition coefficient (Wildman–Crippen LogP) is 3.34. The summed E-state index contributed by atoms with van der Waals surface area (Å²) in [6.07, 6.45) is 1.56. The van der Waals surface area contributed by atoms with E-state index in [1.807, 2.05) is 0 Å². The SMILES string of the molecule is Fc1ccc(-c2cc[c]cn2)cc1Cl. The van der Waals surface area contributed by atoms with E-state index in [0.717, 1.165) is 11.3 Å². The van der Waals surface area contributed by atoms with Crippen LogP contribution in [0.1, 0.15) is 0 Å². The van der Waals surface area contributed by atoms with Crippen LogP contribution >= 0.6 is 11.6 Å². The molecule has 0 saturated carbocycles. The topological polar surface area (TPSA) is 12.9 Å². The van der Waals surface area contributed by atoms with Crippen LogP contribution < -0.4 is 0 Å². The van der Waals surface area contributed by atoms with Gasteiger partial charge in [-0.15, -0.1) is 0 Å². The van der Waals surface area contributed by atoms with Crippen LogP contribution in [-0.2, 0) is 0 Å². The number of halogens is 2. The third-order valence-electron chi connectivity index (χ3n) is 1.83. The Bertz CT molecular complexity index is 442.